The van der Waals surface area contributed by atoms with Crippen molar-refractivity contribution in [3.05, 3.63) is 123 Å². The molecule has 10 nitrogen and oxygen atoms in total. The lowest BCUT2D eigenvalue weighted by atomic mass is 10.0. The number of pyridine rings is 2. The van der Waals surface area contributed by atoms with Crippen LogP contribution in [0.4, 0.5) is 29.3 Å². The summed E-state index contributed by atoms with van der Waals surface area (Å²) >= 11 is 0. The van der Waals surface area contributed by atoms with Crippen molar-refractivity contribution < 1.29 is 18.0 Å². The van der Waals surface area contributed by atoms with Crippen molar-refractivity contribution in [2.45, 2.75) is 38.1 Å². The molecule has 1 saturated heterocycles. The number of alkyl halides is 3. The average Bonchev–Trinajstić information content (AvgIpc) is 3.32. The van der Waals surface area contributed by atoms with Crippen LogP contribution in [0, 0.1) is 0 Å². The minimum absolute atomic E-state index is 0.153. The summed E-state index contributed by atoms with van der Waals surface area (Å²) in [7, 11) is 2.77. The second-order valence-electron chi connectivity index (χ2n) is 11.8. The maximum atomic E-state index is 13.8. The van der Waals surface area contributed by atoms with Gasteiger partial charge in [0, 0.05) is 39.4 Å². The topological polar surface area (TPSA) is 97.4 Å². The Morgan fingerprint density at radius 2 is 1.53 bits per heavy atom. The van der Waals surface area contributed by atoms with Crippen molar-refractivity contribution in [2.24, 2.45) is 7.05 Å². The molecule has 0 saturated carbocycles. The van der Waals surface area contributed by atoms with Crippen LogP contribution in [0.2, 0.25) is 0 Å². The third-order valence-corrected chi connectivity index (χ3v) is 8.66. The predicted molar refractivity (Wildman–Crippen MR) is 174 cm³/mol. The van der Waals surface area contributed by atoms with Gasteiger partial charge in [0.25, 0.3) is 5.56 Å². The van der Waals surface area contributed by atoms with E-state index in [1.165, 1.54) is 11.9 Å². The Kier molecular flexibility index (Phi) is 8.63. The molecule has 6 rings (SSSR count). The Hall–Kier alpha value is -5.33. The number of anilines is 2. The number of urea groups is 1. The molecule has 244 valence electrons. The van der Waals surface area contributed by atoms with Gasteiger partial charge in [0.2, 0.25) is 0 Å². The Morgan fingerprint density at radius 3 is 2.13 bits per heavy atom. The Balaban J connectivity index is 1.20. The van der Waals surface area contributed by atoms with Gasteiger partial charge in [0.05, 0.1) is 36.1 Å². The molecule has 3 aromatic heterocycles. The summed E-state index contributed by atoms with van der Waals surface area (Å²) in [4.78, 5) is 47.5. The van der Waals surface area contributed by atoms with Crippen LogP contribution in [0.5, 0.6) is 0 Å². The van der Waals surface area contributed by atoms with Crippen LogP contribution in [0.15, 0.2) is 94.8 Å². The summed E-state index contributed by atoms with van der Waals surface area (Å²) in [5, 5.41) is 2.37. The van der Waals surface area contributed by atoms with Crippen molar-refractivity contribution in [1.29, 1.82) is 0 Å². The SMILES string of the molecule is CN(C(=O)Nc1cc(C(F)(F)F)cn(C)c1=O)C1CCN(c2cnc3c(c2)n(Cc2ccccc2)c(=O)n3Cc2ccccc2)CC1. The number of carbonyl (C=O) groups is 1. The summed E-state index contributed by atoms with van der Waals surface area (Å²) in [6.07, 6.45) is -1.05. The second-order valence-corrected chi connectivity index (χ2v) is 11.8. The number of piperidine rings is 1. The van der Waals surface area contributed by atoms with Gasteiger partial charge in [0.15, 0.2) is 5.65 Å². The molecule has 2 aromatic carbocycles. The van der Waals surface area contributed by atoms with Gasteiger partial charge in [-0.15, -0.1) is 0 Å². The number of carbonyl (C=O) groups excluding carboxylic acids is 1. The number of imidazole rings is 1. The van der Waals surface area contributed by atoms with Crippen LogP contribution >= 0.6 is 0 Å². The fourth-order valence-corrected chi connectivity index (χ4v) is 6.02. The second kappa shape index (κ2) is 12.8. The molecule has 1 N–H and O–H groups in total. The van der Waals surface area contributed by atoms with Gasteiger partial charge in [0.1, 0.15) is 5.69 Å². The molecule has 0 aliphatic carbocycles. The van der Waals surface area contributed by atoms with E-state index in [-0.39, 0.29) is 11.7 Å². The molecule has 0 atom stereocenters. The van der Waals surface area contributed by atoms with E-state index >= 15 is 0 Å². The number of amides is 2. The zero-order valence-electron chi connectivity index (χ0n) is 25.9. The van der Waals surface area contributed by atoms with Crippen LogP contribution < -0.4 is 21.5 Å². The van der Waals surface area contributed by atoms with Crippen LogP contribution in [0.3, 0.4) is 0 Å². The van der Waals surface area contributed by atoms with Crippen molar-refractivity contribution >= 4 is 28.6 Å². The van der Waals surface area contributed by atoms with E-state index in [0.29, 0.717) is 62.4 Å². The number of nitrogens with one attached hydrogen (secondary N) is 1. The number of nitrogens with zero attached hydrogens (tertiary/aromatic N) is 6. The smallest absolute Gasteiger partial charge is 0.370 e. The number of aromatic nitrogens is 4. The molecular weight excluding hydrogens is 611 g/mol. The molecule has 0 radical (unpaired) electrons. The van der Waals surface area contributed by atoms with Crippen LogP contribution in [-0.2, 0) is 26.3 Å². The molecule has 1 aliphatic rings. The van der Waals surface area contributed by atoms with E-state index in [0.717, 1.165) is 21.4 Å². The highest BCUT2D eigenvalue weighted by Gasteiger charge is 2.33. The fourth-order valence-electron chi connectivity index (χ4n) is 6.02. The summed E-state index contributed by atoms with van der Waals surface area (Å²) in [6, 6.07) is 21.3. The van der Waals surface area contributed by atoms with E-state index < -0.39 is 29.0 Å². The van der Waals surface area contributed by atoms with Gasteiger partial charge in [-0.1, -0.05) is 60.7 Å². The van der Waals surface area contributed by atoms with Crippen molar-refractivity contribution in [1.82, 2.24) is 23.6 Å². The van der Waals surface area contributed by atoms with Gasteiger partial charge in [-0.2, -0.15) is 13.2 Å². The lowest BCUT2D eigenvalue weighted by Gasteiger charge is -2.37. The highest BCUT2D eigenvalue weighted by atomic mass is 19.4. The lowest BCUT2D eigenvalue weighted by Crippen LogP contribution is -2.47. The first-order chi connectivity index (χ1) is 22.5. The van der Waals surface area contributed by atoms with E-state index in [4.69, 9.17) is 4.98 Å². The number of benzene rings is 2. The van der Waals surface area contributed by atoms with Crippen LogP contribution in [0.1, 0.15) is 29.5 Å². The van der Waals surface area contributed by atoms with Crippen LogP contribution in [-0.4, -0.2) is 55.8 Å². The van der Waals surface area contributed by atoms with Gasteiger partial charge >= 0.3 is 17.9 Å². The van der Waals surface area contributed by atoms with Gasteiger partial charge in [-0.25, -0.2) is 14.6 Å². The van der Waals surface area contributed by atoms with Crippen LogP contribution in [0.25, 0.3) is 11.2 Å². The number of hydrogen-bond acceptors (Lipinski definition) is 5. The molecule has 0 unspecified atom stereocenters. The first-order valence-electron chi connectivity index (χ1n) is 15.2. The summed E-state index contributed by atoms with van der Waals surface area (Å²) < 4.78 is 44.1. The minimum Gasteiger partial charge on any atom is -0.370 e. The Morgan fingerprint density at radius 1 is 0.936 bits per heavy atom. The third kappa shape index (κ3) is 6.64. The molecule has 13 heteroatoms. The minimum atomic E-state index is -4.66. The molecule has 2 amide bonds. The van der Waals surface area contributed by atoms with Gasteiger partial charge in [-0.05, 0) is 36.1 Å². The maximum Gasteiger partial charge on any atom is 0.417 e. The van der Waals surface area contributed by atoms with Crippen molar-refractivity contribution in [2.75, 3.05) is 30.4 Å². The molecule has 0 spiro atoms. The standard InChI is InChI=1S/C34H34F3N7O3/c1-40-22-25(34(35,36)37)17-28(31(40)45)39-32(46)41(2)26-13-15-42(16-14-26)27-18-29-30(38-19-27)44(21-24-11-7-4-8-12-24)33(47)43(29)20-23-9-5-3-6-10-23/h3-12,17-19,22,26H,13-16,20-21H2,1-2H3,(H,39,46). The zero-order valence-corrected chi connectivity index (χ0v) is 25.9. The number of rotatable bonds is 7. The van der Waals surface area contributed by atoms with E-state index in [1.807, 2.05) is 66.7 Å². The number of fused-ring (bicyclic) bond motifs is 1. The highest BCUT2D eigenvalue weighted by Crippen LogP contribution is 2.30. The van der Waals surface area contributed by atoms with E-state index in [1.54, 1.807) is 22.4 Å². The molecule has 1 fully saturated rings. The first-order valence-corrected chi connectivity index (χ1v) is 15.2. The van der Waals surface area contributed by atoms with Crippen molar-refractivity contribution in [3.8, 4) is 0 Å². The largest absolute Gasteiger partial charge is 0.417 e. The average molecular weight is 646 g/mol. The molecule has 1 aliphatic heterocycles. The molecule has 5 aromatic rings. The van der Waals surface area contributed by atoms with E-state index in [9.17, 15) is 27.6 Å². The van der Waals surface area contributed by atoms with Crippen molar-refractivity contribution in [3.63, 3.8) is 0 Å². The summed E-state index contributed by atoms with van der Waals surface area (Å²) in [6.45, 7) is 1.93. The van der Waals surface area contributed by atoms with E-state index in [2.05, 4.69) is 10.2 Å². The first kappa shape index (κ1) is 31.6. The number of hydrogen-bond donors (Lipinski definition) is 1. The molecule has 4 heterocycles. The van der Waals surface area contributed by atoms with Gasteiger partial charge < -0.3 is 19.7 Å². The maximum absolute atomic E-state index is 13.8. The third-order valence-electron chi connectivity index (χ3n) is 8.66. The lowest BCUT2D eigenvalue weighted by molar-refractivity contribution is -0.138. The fraction of sp³-hybridized carbons (Fsp3) is 0.294. The monoisotopic (exact) mass is 645 g/mol. The summed E-state index contributed by atoms with van der Waals surface area (Å²) in [5.74, 6) is 0. The quantitative estimate of drug-likeness (QED) is 0.264. The normalized spacial score (nSPS) is 14.0. The molecule has 0 bridgehead atoms. The highest BCUT2D eigenvalue weighted by molar-refractivity contribution is 5.89. The number of halogens is 3. The Labute approximate surface area is 268 Å². The Bertz CT molecular complexity index is 2010. The zero-order chi connectivity index (χ0) is 33.3. The number of aryl methyl sites for hydroxylation is 1. The molecular formula is C34H34F3N7O3. The predicted octanol–water partition coefficient (Wildman–Crippen LogP) is 5.14. The molecule has 47 heavy (non-hydrogen) atoms. The summed E-state index contributed by atoms with van der Waals surface area (Å²) in [5.41, 5.74) is 1.78. The van der Waals surface area contributed by atoms with Gasteiger partial charge in [-0.3, -0.25) is 13.9 Å².